The Balaban J connectivity index is 2.23. The molecule has 104 valence electrons. The molecule has 0 aliphatic carbocycles. The Morgan fingerprint density at radius 2 is 1.90 bits per heavy atom. The van der Waals surface area contributed by atoms with Crippen LogP contribution in [0, 0.1) is 13.8 Å². The fraction of sp³-hybridized carbons (Fsp3) is 0.188. The molecule has 4 nitrogen and oxygen atoms in total. The molecule has 0 heterocycles. The Kier molecular flexibility index (Phi) is 3.94. The standard InChI is InChI=1S/C16H18N2O2/c1-10-4-6-13(11(2)8-10)16(19)18-15-7-5-12(20-3)9-14(15)17/h4-9H,17H2,1-3H3,(H,18,19). The topological polar surface area (TPSA) is 64.3 Å². The second-order valence-corrected chi connectivity index (χ2v) is 4.73. The number of nitrogens with one attached hydrogen (secondary N) is 1. The van der Waals surface area contributed by atoms with E-state index in [4.69, 9.17) is 10.5 Å². The molecular weight excluding hydrogens is 252 g/mol. The number of rotatable bonds is 3. The molecule has 0 atom stereocenters. The van der Waals surface area contributed by atoms with Crippen LogP contribution < -0.4 is 15.8 Å². The van der Waals surface area contributed by atoms with Crippen LogP contribution in [0.1, 0.15) is 21.5 Å². The Labute approximate surface area is 118 Å². The Hall–Kier alpha value is -2.49. The summed E-state index contributed by atoms with van der Waals surface area (Å²) < 4.78 is 5.08. The van der Waals surface area contributed by atoms with Gasteiger partial charge in [-0.15, -0.1) is 0 Å². The van der Waals surface area contributed by atoms with E-state index in [1.54, 1.807) is 25.3 Å². The number of amides is 1. The van der Waals surface area contributed by atoms with Crippen LogP contribution in [-0.4, -0.2) is 13.0 Å². The van der Waals surface area contributed by atoms with Crippen molar-refractivity contribution >= 4 is 17.3 Å². The maximum absolute atomic E-state index is 12.3. The second-order valence-electron chi connectivity index (χ2n) is 4.73. The molecule has 2 rings (SSSR count). The highest BCUT2D eigenvalue weighted by atomic mass is 16.5. The SMILES string of the molecule is COc1ccc(NC(=O)c2ccc(C)cc2C)c(N)c1. The molecule has 0 spiro atoms. The molecular formula is C16H18N2O2. The second kappa shape index (κ2) is 5.65. The van der Waals surface area contributed by atoms with Crippen molar-refractivity contribution in [2.45, 2.75) is 13.8 Å². The van der Waals surface area contributed by atoms with Crippen molar-refractivity contribution in [2.24, 2.45) is 0 Å². The summed E-state index contributed by atoms with van der Waals surface area (Å²) in [6, 6.07) is 10.9. The van der Waals surface area contributed by atoms with Crippen molar-refractivity contribution in [3.8, 4) is 5.75 Å². The smallest absolute Gasteiger partial charge is 0.255 e. The van der Waals surface area contributed by atoms with Gasteiger partial charge in [-0.25, -0.2) is 0 Å². The van der Waals surface area contributed by atoms with Gasteiger partial charge in [0.15, 0.2) is 0 Å². The van der Waals surface area contributed by atoms with E-state index in [1.165, 1.54) is 0 Å². The van der Waals surface area contributed by atoms with Crippen LogP contribution in [0.15, 0.2) is 36.4 Å². The van der Waals surface area contributed by atoms with Gasteiger partial charge in [0.25, 0.3) is 5.91 Å². The molecule has 0 saturated carbocycles. The molecule has 0 fully saturated rings. The van der Waals surface area contributed by atoms with Gasteiger partial charge in [-0.05, 0) is 37.6 Å². The van der Waals surface area contributed by atoms with Crippen LogP contribution in [0.2, 0.25) is 0 Å². The van der Waals surface area contributed by atoms with Crippen molar-refractivity contribution in [1.82, 2.24) is 0 Å². The summed E-state index contributed by atoms with van der Waals surface area (Å²) >= 11 is 0. The number of carbonyl (C=O) groups is 1. The van der Waals surface area contributed by atoms with Crippen LogP contribution in [0.5, 0.6) is 5.75 Å². The maximum Gasteiger partial charge on any atom is 0.255 e. The summed E-state index contributed by atoms with van der Waals surface area (Å²) in [5.74, 6) is 0.492. The molecule has 2 aromatic carbocycles. The summed E-state index contributed by atoms with van der Waals surface area (Å²) in [5.41, 5.74) is 9.66. The number of carbonyl (C=O) groups excluding carboxylic acids is 1. The zero-order chi connectivity index (χ0) is 14.7. The molecule has 2 aromatic rings. The molecule has 3 N–H and O–H groups in total. The molecule has 0 aliphatic heterocycles. The summed E-state index contributed by atoms with van der Waals surface area (Å²) in [4.78, 5) is 12.3. The molecule has 0 unspecified atom stereocenters. The maximum atomic E-state index is 12.3. The van der Waals surface area contributed by atoms with Crippen LogP contribution in [0.25, 0.3) is 0 Å². The van der Waals surface area contributed by atoms with Gasteiger partial charge in [0.1, 0.15) is 5.75 Å². The van der Waals surface area contributed by atoms with Crippen LogP contribution >= 0.6 is 0 Å². The van der Waals surface area contributed by atoms with Crippen molar-refractivity contribution < 1.29 is 9.53 Å². The van der Waals surface area contributed by atoms with Gasteiger partial charge in [0.05, 0.1) is 18.5 Å². The highest BCUT2D eigenvalue weighted by Crippen LogP contribution is 2.25. The van der Waals surface area contributed by atoms with Gasteiger partial charge >= 0.3 is 0 Å². The number of aryl methyl sites for hydroxylation is 2. The fourth-order valence-electron chi connectivity index (χ4n) is 2.04. The summed E-state index contributed by atoms with van der Waals surface area (Å²) in [5, 5.41) is 2.82. The number of nitrogens with two attached hydrogens (primary N) is 1. The van der Waals surface area contributed by atoms with Crippen LogP contribution in [0.4, 0.5) is 11.4 Å². The first kappa shape index (κ1) is 13.9. The predicted molar refractivity (Wildman–Crippen MR) is 81.3 cm³/mol. The molecule has 0 bridgehead atoms. The average Bonchev–Trinajstić information content (AvgIpc) is 2.40. The predicted octanol–water partition coefficient (Wildman–Crippen LogP) is 3.15. The van der Waals surface area contributed by atoms with E-state index in [1.807, 2.05) is 32.0 Å². The molecule has 0 radical (unpaired) electrons. The number of benzene rings is 2. The largest absolute Gasteiger partial charge is 0.497 e. The highest BCUT2D eigenvalue weighted by Gasteiger charge is 2.11. The van der Waals surface area contributed by atoms with Gasteiger partial charge < -0.3 is 15.8 Å². The lowest BCUT2D eigenvalue weighted by molar-refractivity contribution is 0.102. The summed E-state index contributed by atoms with van der Waals surface area (Å²) in [7, 11) is 1.57. The van der Waals surface area contributed by atoms with Crippen LogP contribution in [0.3, 0.4) is 0 Å². The third-order valence-electron chi connectivity index (χ3n) is 3.13. The number of methoxy groups -OCH3 is 1. The minimum Gasteiger partial charge on any atom is -0.497 e. The highest BCUT2D eigenvalue weighted by molar-refractivity contribution is 6.06. The minimum atomic E-state index is -0.167. The van der Waals surface area contributed by atoms with Crippen molar-refractivity contribution in [3.05, 3.63) is 53.1 Å². The van der Waals surface area contributed by atoms with Gasteiger partial charge in [0.2, 0.25) is 0 Å². The van der Waals surface area contributed by atoms with E-state index in [-0.39, 0.29) is 5.91 Å². The molecule has 0 aromatic heterocycles. The van der Waals surface area contributed by atoms with Crippen molar-refractivity contribution in [3.63, 3.8) is 0 Å². The lowest BCUT2D eigenvalue weighted by Crippen LogP contribution is -2.14. The van der Waals surface area contributed by atoms with Gasteiger partial charge in [0, 0.05) is 11.6 Å². The monoisotopic (exact) mass is 270 g/mol. The Morgan fingerprint density at radius 1 is 1.15 bits per heavy atom. The summed E-state index contributed by atoms with van der Waals surface area (Å²) in [6.45, 7) is 3.91. The number of ether oxygens (including phenoxy) is 1. The zero-order valence-electron chi connectivity index (χ0n) is 11.9. The molecule has 0 saturated heterocycles. The quantitative estimate of drug-likeness (QED) is 0.842. The number of anilines is 2. The Bertz CT molecular complexity index is 651. The van der Waals surface area contributed by atoms with Gasteiger partial charge in [-0.2, -0.15) is 0 Å². The van der Waals surface area contributed by atoms with Crippen LogP contribution in [-0.2, 0) is 0 Å². The third-order valence-corrected chi connectivity index (χ3v) is 3.13. The lowest BCUT2D eigenvalue weighted by Gasteiger charge is -2.11. The van der Waals surface area contributed by atoms with Crippen molar-refractivity contribution in [1.29, 1.82) is 0 Å². The number of hydrogen-bond donors (Lipinski definition) is 2. The van der Waals surface area contributed by atoms with Gasteiger partial charge in [-0.3, -0.25) is 4.79 Å². The average molecular weight is 270 g/mol. The first-order chi connectivity index (χ1) is 9.51. The Morgan fingerprint density at radius 3 is 2.50 bits per heavy atom. The van der Waals surface area contributed by atoms with E-state index < -0.39 is 0 Å². The molecule has 4 heteroatoms. The van der Waals surface area contributed by atoms with E-state index in [0.29, 0.717) is 22.7 Å². The fourth-order valence-corrected chi connectivity index (χ4v) is 2.04. The first-order valence-corrected chi connectivity index (χ1v) is 6.33. The first-order valence-electron chi connectivity index (χ1n) is 6.33. The zero-order valence-corrected chi connectivity index (χ0v) is 11.9. The number of hydrogen-bond acceptors (Lipinski definition) is 3. The lowest BCUT2D eigenvalue weighted by atomic mass is 10.1. The molecule has 20 heavy (non-hydrogen) atoms. The number of nitrogen functional groups attached to an aromatic ring is 1. The van der Waals surface area contributed by atoms with E-state index in [9.17, 15) is 4.79 Å². The van der Waals surface area contributed by atoms with E-state index in [0.717, 1.165) is 11.1 Å². The minimum absolute atomic E-state index is 0.167. The summed E-state index contributed by atoms with van der Waals surface area (Å²) in [6.07, 6.45) is 0. The molecule has 0 aliphatic rings. The molecule has 1 amide bonds. The van der Waals surface area contributed by atoms with E-state index in [2.05, 4.69) is 5.32 Å². The normalized spacial score (nSPS) is 10.2. The van der Waals surface area contributed by atoms with Gasteiger partial charge in [-0.1, -0.05) is 17.7 Å². The van der Waals surface area contributed by atoms with E-state index >= 15 is 0 Å². The van der Waals surface area contributed by atoms with Crippen molar-refractivity contribution in [2.75, 3.05) is 18.2 Å². The third kappa shape index (κ3) is 2.91.